The average molecular weight is 379 g/mol. The highest BCUT2D eigenvalue weighted by molar-refractivity contribution is 5.67. The second kappa shape index (κ2) is 23.7. The highest BCUT2D eigenvalue weighted by Crippen LogP contribution is 1.98. The lowest BCUT2D eigenvalue weighted by atomic mass is 10.2. The van der Waals surface area contributed by atoms with Crippen LogP contribution in [0.2, 0.25) is 0 Å². The van der Waals surface area contributed by atoms with Gasteiger partial charge in [-0.15, -0.1) is 0 Å². The van der Waals surface area contributed by atoms with Gasteiger partial charge in [0, 0.05) is 78.3 Å². The third kappa shape index (κ3) is 30.6. The van der Waals surface area contributed by atoms with E-state index in [-0.39, 0.29) is 12.8 Å². The molecule has 0 aromatic carbocycles. The van der Waals surface area contributed by atoms with Gasteiger partial charge < -0.3 is 42.9 Å². The normalized spacial score (nSPS) is 10.2. The van der Waals surface area contributed by atoms with Crippen LogP contribution >= 0.6 is 0 Å². The number of carbonyl (C=O) groups is 2. The van der Waals surface area contributed by atoms with E-state index in [2.05, 4.69) is 21.3 Å². The molecule has 0 aliphatic carbocycles. The van der Waals surface area contributed by atoms with Gasteiger partial charge in [-0.2, -0.15) is 0 Å². The summed E-state index contributed by atoms with van der Waals surface area (Å²) in [6, 6.07) is 0. The minimum absolute atomic E-state index is 0.0628. The minimum Gasteiger partial charge on any atom is -0.481 e. The van der Waals surface area contributed by atoms with Crippen LogP contribution in [0.5, 0.6) is 0 Å². The van der Waals surface area contributed by atoms with E-state index in [1.165, 1.54) is 0 Å². The van der Waals surface area contributed by atoms with Gasteiger partial charge in [-0.25, -0.2) is 0 Å². The molecule has 0 atom stereocenters. The van der Waals surface area contributed by atoms with Crippen LogP contribution in [0.3, 0.4) is 0 Å². The Balaban J connectivity index is 0. The number of carboxylic acids is 2. The molecule has 0 aliphatic heterocycles. The third-order valence-electron chi connectivity index (χ3n) is 3.11. The van der Waals surface area contributed by atoms with Crippen LogP contribution in [0, 0.1) is 0 Å². The number of hydrogen-bond acceptors (Lipinski definition) is 8. The predicted octanol–water partition coefficient (Wildman–Crippen LogP) is -2.02. The third-order valence-corrected chi connectivity index (χ3v) is 3.11. The van der Waals surface area contributed by atoms with Gasteiger partial charge in [0.2, 0.25) is 0 Å². The molecule has 0 rings (SSSR count). The van der Waals surface area contributed by atoms with Crippen LogP contribution in [0.25, 0.3) is 0 Å². The second-order valence-corrected chi connectivity index (χ2v) is 5.57. The summed E-state index contributed by atoms with van der Waals surface area (Å²) in [5.41, 5.74) is 10.7. The van der Waals surface area contributed by atoms with Crippen molar-refractivity contribution in [3.05, 3.63) is 0 Å². The number of rotatable bonds is 18. The van der Waals surface area contributed by atoms with Gasteiger partial charge in [-0.3, -0.25) is 9.59 Å². The molecule has 0 saturated carbocycles. The molecule has 0 aromatic rings. The van der Waals surface area contributed by atoms with E-state index in [1.807, 2.05) is 0 Å². The first-order valence-corrected chi connectivity index (χ1v) is 9.21. The van der Waals surface area contributed by atoms with Crippen LogP contribution in [0.15, 0.2) is 0 Å². The summed E-state index contributed by atoms with van der Waals surface area (Å²) in [4.78, 5) is 19.8. The topological polar surface area (TPSA) is 175 Å². The first kappa shape index (κ1) is 26.9. The molecule has 0 aromatic heterocycles. The van der Waals surface area contributed by atoms with Gasteiger partial charge in [0.25, 0.3) is 0 Å². The average Bonchev–Trinajstić information content (AvgIpc) is 2.60. The first-order valence-electron chi connectivity index (χ1n) is 9.21. The Morgan fingerprint density at radius 3 is 1.08 bits per heavy atom. The van der Waals surface area contributed by atoms with Gasteiger partial charge in [0.1, 0.15) is 0 Å². The molecule has 10 N–H and O–H groups in total. The number of unbranched alkanes of at least 4 members (excludes halogenated alkanes) is 1. The molecule has 156 valence electrons. The summed E-state index contributed by atoms with van der Waals surface area (Å²) in [6.07, 6.45) is 1.02. The smallest absolute Gasteiger partial charge is 0.303 e. The van der Waals surface area contributed by atoms with Crippen LogP contribution < -0.4 is 32.7 Å². The van der Waals surface area contributed by atoms with Crippen molar-refractivity contribution >= 4 is 11.9 Å². The quantitative estimate of drug-likeness (QED) is 0.124. The predicted molar refractivity (Wildman–Crippen MR) is 103 cm³/mol. The zero-order valence-electron chi connectivity index (χ0n) is 15.8. The Hall–Kier alpha value is -1.30. The lowest BCUT2D eigenvalue weighted by molar-refractivity contribution is -0.139. The zero-order valence-corrected chi connectivity index (χ0v) is 15.8. The zero-order chi connectivity index (χ0) is 19.9. The van der Waals surface area contributed by atoms with Crippen molar-refractivity contribution in [2.45, 2.75) is 25.7 Å². The lowest BCUT2D eigenvalue weighted by Gasteiger charge is -2.07. The maximum Gasteiger partial charge on any atom is 0.303 e. The van der Waals surface area contributed by atoms with Gasteiger partial charge in [-0.1, -0.05) is 0 Å². The van der Waals surface area contributed by atoms with Gasteiger partial charge in [0.05, 0.1) is 0 Å². The van der Waals surface area contributed by atoms with Gasteiger partial charge in [-0.05, 0) is 12.8 Å². The summed E-state index contributed by atoms with van der Waals surface area (Å²) in [5.74, 6) is -1.74. The van der Waals surface area contributed by atoms with E-state index in [4.69, 9.17) is 21.7 Å². The fourth-order valence-electron chi connectivity index (χ4n) is 1.79. The van der Waals surface area contributed by atoms with Gasteiger partial charge in [0.15, 0.2) is 0 Å². The minimum atomic E-state index is -0.870. The van der Waals surface area contributed by atoms with E-state index >= 15 is 0 Å². The molecule has 0 heterocycles. The number of nitrogens with one attached hydrogen (secondary N) is 4. The van der Waals surface area contributed by atoms with E-state index in [1.54, 1.807) is 0 Å². The van der Waals surface area contributed by atoms with Crippen molar-refractivity contribution in [1.29, 1.82) is 0 Å². The summed E-state index contributed by atoms with van der Waals surface area (Å²) >= 11 is 0. The molecule has 10 heteroatoms. The second-order valence-electron chi connectivity index (χ2n) is 5.57. The molecule has 0 radical (unpaired) electrons. The molecule has 0 saturated heterocycles. The lowest BCUT2D eigenvalue weighted by Crippen LogP contribution is -2.36. The van der Waals surface area contributed by atoms with Crippen molar-refractivity contribution in [3.63, 3.8) is 0 Å². The molecule has 0 fully saturated rings. The molecular formula is C16H38N6O4. The molecule has 0 unspecified atom stereocenters. The van der Waals surface area contributed by atoms with Crippen molar-refractivity contribution in [3.8, 4) is 0 Å². The fraction of sp³-hybridized carbons (Fsp3) is 0.875. The van der Waals surface area contributed by atoms with Crippen molar-refractivity contribution in [2.24, 2.45) is 11.5 Å². The Kier molecular flexibility index (Phi) is 24.5. The monoisotopic (exact) mass is 378 g/mol. The van der Waals surface area contributed by atoms with Crippen molar-refractivity contribution in [2.75, 3.05) is 65.4 Å². The maximum atomic E-state index is 9.90. The Morgan fingerprint density at radius 2 is 0.846 bits per heavy atom. The molecule has 26 heavy (non-hydrogen) atoms. The Morgan fingerprint density at radius 1 is 0.577 bits per heavy atom. The van der Waals surface area contributed by atoms with Crippen molar-refractivity contribution < 1.29 is 19.8 Å². The van der Waals surface area contributed by atoms with Crippen molar-refractivity contribution in [1.82, 2.24) is 21.3 Å². The van der Waals surface area contributed by atoms with Crippen LogP contribution in [0.1, 0.15) is 25.7 Å². The SMILES string of the molecule is NCCNCCNCCNCCNCCN.O=C(O)CCCCC(=O)O. The van der Waals surface area contributed by atoms with E-state index in [9.17, 15) is 9.59 Å². The van der Waals surface area contributed by atoms with E-state index < -0.39 is 11.9 Å². The highest BCUT2D eigenvalue weighted by Gasteiger charge is 1.99. The summed E-state index contributed by atoms with van der Waals surface area (Å²) in [5, 5.41) is 29.4. The Bertz CT molecular complexity index is 291. The maximum absolute atomic E-state index is 9.90. The summed E-state index contributed by atoms with van der Waals surface area (Å²) < 4.78 is 0. The molecule has 0 amide bonds. The first-order chi connectivity index (χ1) is 12.5. The molecule has 0 aliphatic rings. The number of aliphatic carboxylic acids is 2. The molecule has 0 bridgehead atoms. The highest BCUT2D eigenvalue weighted by atomic mass is 16.4. The van der Waals surface area contributed by atoms with E-state index in [0.717, 1.165) is 52.4 Å². The van der Waals surface area contributed by atoms with Gasteiger partial charge >= 0.3 is 11.9 Å². The Labute approximate surface area is 156 Å². The fourth-order valence-corrected chi connectivity index (χ4v) is 1.79. The molecular weight excluding hydrogens is 340 g/mol. The molecule has 0 spiro atoms. The van der Waals surface area contributed by atoms with E-state index in [0.29, 0.717) is 25.9 Å². The number of hydrogen-bond donors (Lipinski definition) is 8. The van der Waals surface area contributed by atoms with Crippen LogP contribution in [0.4, 0.5) is 0 Å². The number of nitrogens with two attached hydrogens (primary N) is 2. The van der Waals surface area contributed by atoms with Crippen LogP contribution in [-0.4, -0.2) is 87.6 Å². The molecule has 10 nitrogen and oxygen atoms in total. The largest absolute Gasteiger partial charge is 0.481 e. The summed E-state index contributed by atoms with van der Waals surface area (Å²) in [6.45, 7) is 9.15. The standard InChI is InChI=1S/C10H28N6.C6H10O4/c11-1-3-13-5-7-15-9-10-16-8-6-14-4-2-12;7-5(8)3-1-2-4-6(9)10/h13-16H,1-12H2;1-4H2,(H,7,8)(H,9,10). The van der Waals surface area contributed by atoms with Crippen LogP contribution in [-0.2, 0) is 9.59 Å². The number of carboxylic acid groups (broad SMARTS) is 2. The summed E-state index contributed by atoms with van der Waals surface area (Å²) in [7, 11) is 0.